The first-order valence-corrected chi connectivity index (χ1v) is 5.39. The van der Waals surface area contributed by atoms with Gasteiger partial charge in [0.25, 0.3) is 0 Å². The first-order chi connectivity index (χ1) is 6.15. The number of carboxylic acids is 1. The van der Waals surface area contributed by atoms with Crippen molar-refractivity contribution in [1.29, 1.82) is 0 Å². The Morgan fingerprint density at radius 1 is 1.29 bits per heavy atom. The van der Waals surface area contributed by atoms with Crippen LogP contribution in [-0.2, 0) is 4.79 Å². The van der Waals surface area contributed by atoms with Crippen molar-refractivity contribution >= 4 is 5.97 Å². The number of hydrogen-bond acceptors (Lipinski definition) is 1. The standard InChI is InChI=1S/C12H24O2/c1-7-11(4,5)8-12(6,9(2)3)10(13)14/h9H,7-8H2,1-6H3,(H,13,14). The molecule has 1 N–H and O–H groups in total. The van der Waals surface area contributed by atoms with Gasteiger partial charge in [-0.25, -0.2) is 0 Å². The molecule has 0 rings (SSSR count). The Hall–Kier alpha value is -0.530. The second kappa shape index (κ2) is 4.33. The summed E-state index contributed by atoms with van der Waals surface area (Å²) in [6.45, 7) is 12.2. The summed E-state index contributed by atoms with van der Waals surface area (Å²) in [6, 6.07) is 0. The van der Waals surface area contributed by atoms with Gasteiger partial charge in [-0.05, 0) is 24.7 Å². The topological polar surface area (TPSA) is 37.3 Å². The lowest BCUT2D eigenvalue weighted by atomic mass is 9.67. The van der Waals surface area contributed by atoms with Gasteiger partial charge in [-0.1, -0.05) is 41.0 Å². The van der Waals surface area contributed by atoms with Gasteiger partial charge in [0.2, 0.25) is 0 Å². The molecule has 0 bridgehead atoms. The summed E-state index contributed by atoms with van der Waals surface area (Å²) in [5.41, 5.74) is -0.489. The van der Waals surface area contributed by atoms with E-state index in [1.165, 1.54) is 0 Å². The molecule has 2 heteroatoms. The van der Waals surface area contributed by atoms with Gasteiger partial charge in [0, 0.05) is 0 Å². The van der Waals surface area contributed by atoms with E-state index in [0.717, 1.165) is 12.8 Å². The van der Waals surface area contributed by atoms with Crippen LogP contribution in [-0.4, -0.2) is 11.1 Å². The minimum absolute atomic E-state index is 0.109. The molecular weight excluding hydrogens is 176 g/mol. The molecule has 0 saturated carbocycles. The first kappa shape index (κ1) is 13.5. The Kier molecular flexibility index (Phi) is 4.16. The van der Waals surface area contributed by atoms with Crippen LogP contribution in [0.2, 0.25) is 0 Å². The average molecular weight is 200 g/mol. The van der Waals surface area contributed by atoms with Crippen LogP contribution in [0.5, 0.6) is 0 Å². The number of carbonyl (C=O) groups is 1. The first-order valence-electron chi connectivity index (χ1n) is 5.39. The summed E-state index contributed by atoms with van der Waals surface area (Å²) in [5.74, 6) is -0.500. The van der Waals surface area contributed by atoms with Gasteiger partial charge in [-0.3, -0.25) is 4.79 Å². The molecule has 0 aromatic heterocycles. The largest absolute Gasteiger partial charge is 0.481 e. The lowest BCUT2D eigenvalue weighted by Gasteiger charge is -2.36. The van der Waals surface area contributed by atoms with Crippen molar-refractivity contribution in [2.45, 2.75) is 54.4 Å². The molecule has 1 unspecified atom stereocenters. The Labute approximate surface area is 87.7 Å². The van der Waals surface area contributed by atoms with Crippen LogP contribution in [0.3, 0.4) is 0 Å². The van der Waals surface area contributed by atoms with Crippen LogP contribution in [0.1, 0.15) is 54.4 Å². The highest BCUT2D eigenvalue weighted by Gasteiger charge is 2.40. The average Bonchev–Trinajstić information content (AvgIpc) is 2.03. The second-order valence-electron chi connectivity index (χ2n) is 5.57. The summed E-state index contributed by atoms with van der Waals surface area (Å²) in [4.78, 5) is 11.3. The zero-order chi connectivity index (χ0) is 11.6. The fourth-order valence-corrected chi connectivity index (χ4v) is 1.65. The lowest BCUT2D eigenvalue weighted by Crippen LogP contribution is -2.37. The predicted molar refractivity (Wildman–Crippen MR) is 59.3 cm³/mol. The smallest absolute Gasteiger partial charge is 0.309 e. The van der Waals surface area contributed by atoms with Crippen molar-refractivity contribution in [3.05, 3.63) is 0 Å². The van der Waals surface area contributed by atoms with Crippen LogP contribution < -0.4 is 0 Å². The van der Waals surface area contributed by atoms with E-state index in [9.17, 15) is 9.90 Å². The minimum Gasteiger partial charge on any atom is -0.481 e. The highest BCUT2D eigenvalue weighted by atomic mass is 16.4. The van der Waals surface area contributed by atoms with Gasteiger partial charge in [0.05, 0.1) is 5.41 Å². The Balaban J connectivity index is 4.79. The van der Waals surface area contributed by atoms with E-state index >= 15 is 0 Å². The normalized spacial score (nSPS) is 16.8. The van der Waals surface area contributed by atoms with Gasteiger partial charge in [-0.15, -0.1) is 0 Å². The van der Waals surface area contributed by atoms with Crippen molar-refractivity contribution in [1.82, 2.24) is 0 Å². The SMILES string of the molecule is CCC(C)(C)CC(C)(C(=O)O)C(C)C. The number of carboxylic acid groups (broad SMARTS) is 1. The molecule has 84 valence electrons. The van der Waals surface area contributed by atoms with Gasteiger partial charge in [0.1, 0.15) is 0 Å². The van der Waals surface area contributed by atoms with Crippen LogP contribution in [0, 0.1) is 16.7 Å². The van der Waals surface area contributed by atoms with E-state index in [4.69, 9.17) is 0 Å². The van der Waals surface area contributed by atoms with Gasteiger partial charge in [-0.2, -0.15) is 0 Å². The molecular formula is C12H24O2. The third-order valence-electron chi connectivity index (χ3n) is 3.57. The minimum atomic E-state index is -0.672. The van der Waals surface area contributed by atoms with E-state index in [0.29, 0.717) is 0 Å². The van der Waals surface area contributed by atoms with E-state index in [1.54, 1.807) is 0 Å². The van der Waals surface area contributed by atoms with Gasteiger partial charge in [0.15, 0.2) is 0 Å². The van der Waals surface area contributed by atoms with Crippen LogP contribution >= 0.6 is 0 Å². The third kappa shape index (κ3) is 3.00. The molecule has 0 saturated heterocycles. The van der Waals surface area contributed by atoms with Crippen molar-refractivity contribution in [2.24, 2.45) is 16.7 Å². The van der Waals surface area contributed by atoms with Crippen LogP contribution in [0.25, 0.3) is 0 Å². The summed E-state index contributed by atoms with van der Waals surface area (Å²) in [6.07, 6.45) is 1.76. The molecule has 0 aromatic carbocycles. The molecule has 2 nitrogen and oxygen atoms in total. The van der Waals surface area contributed by atoms with Crippen molar-refractivity contribution in [3.8, 4) is 0 Å². The highest BCUT2D eigenvalue weighted by molar-refractivity contribution is 5.74. The van der Waals surface area contributed by atoms with Gasteiger partial charge < -0.3 is 5.11 Å². The summed E-state index contributed by atoms with van der Waals surface area (Å²) in [7, 11) is 0. The third-order valence-corrected chi connectivity index (χ3v) is 3.57. The van der Waals surface area contributed by atoms with Crippen molar-refractivity contribution in [3.63, 3.8) is 0 Å². The van der Waals surface area contributed by atoms with Crippen molar-refractivity contribution in [2.75, 3.05) is 0 Å². The Morgan fingerprint density at radius 2 is 1.71 bits per heavy atom. The van der Waals surface area contributed by atoms with E-state index in [2.05, 4.69) is 20.8 Å². The molecule has 1 atom stereocenters. The number of rotatable bonds is 5. The maximum Gasteiger partial charge on any atom is 0.309 e. The fourth-order valence-electron chi connectivity index (χ4n) is 1.65. The molecule has 0 aliphatic heterocycles. The molecule has 14 heavy (non-hydrogen) atoms. The van der Waals surface area contributed by atoms with Crippen LogP contribution in [0.15, 0.2) is 0 Å². The molecule has 0 aromatic rings. The van der Waals surface area contributed by atoms with Gasteiger partial charge >= 0.3 is 5.97 Å². The van der Waals surface area contributed by atoms with Crippen LogP contribution in [0.4, 0.5) is 0 Å². The highest BCUT2D eigenvalue weighted by Crippen LogP contribution is 2.41. The summed E-state index contributed by atoms with van der Waals surface area (Å²) in [5, 5.41) is 9.26. The maximum atomic E-state index is 11.3. The quantitative estimate of drug-likeness (QED) is 0.736. The zero-order valence-electron chi connectivity index (χ0n) is 10.3. The Bertz CT molecular complexity index is 206. The predicted octanol–water partition coefficient (Wildman–Crippen LogP) is 3.56. The molecule has 0 heterocycles. The van der Waals surface area contributed by atoms with E-state index < -0.39 is 11.4 Å². The number of aliphatic carboxylic acids is 1. The Morgan fingerprint density at radius 3 is 1.93 bits per heavy atom. The second-order valence-corrected chi connectivity index (χ2v) is 5.57. The van der Waals surface area contributed by atoms with E-state index in [1.807, 2.05) is 20.8 Å². The summed E-state index contributed by atoms with van der Waals surface area (Å²) < 4.78 is 0. The monoisotopic (exact) mass is 200 g/mol. The zero-order valence-corrected chi connectivity index (χ0v) is 10.3. The van der Waals surface area contributed by atoms with E-state index in [-0.39, 0.29) is 11.3 Å². The molecule has 0 fully saturated rings. The van der Waals surface area contributed by atoms with Crippen molar-refractivity contribution < 1.29 is 9.90 Å². The molecule has 0 aliphatic carbocycles. The summed E-state index contributed by atoms with van der Waals surface area (Å²) >= 11 is 0. The molecule has 0 spiro atoms. The molecule has 0 radical (unpaired) electrons. The molecule has 0 aliphatic rings. The maximum absolute atomic E-state index is 11.3. The molecule has 0 amide bonds. The number of hydrogen-bond donors (Lipinski definition) is 1. The fraction of sp³-hybridized carbons (Fsp3) is 0.917. The lowest BCUT2D eigenvalue weighted by molar-refractivity contribution is -0.153.